The van der Waals surface area contributed by atoms with Gasteiger partial charge in [-0.15, -0.1) is 0 Å². The summed E-state index contributed by atoms with van der Waals surface area (Å²) in [5.41, 5.74) is 4.93. The lowest BCUT2D eigenvalue weighted by atomic mass is 9.90. The second-order valence-corrected chi connectivity index (χ2v) is 4.98. The smallest absolute Gasteiger partial charge is 0.0650 e. The summed E-state index contributed by atoms with van der Waals surface area (Å²) >= 11 is 0. The van der Waals surface area contributed by atoms with Crippen LogP contribution in [0.25, 0.3) is 0 Å². The topological polar surface area (TPSA) is 25.8 Å². The van der Waals surface area contributed by atoms with Gasteiger partial charge in [-0.05, 0) is 39.0 Å². The van der Waals surface area contributed by atoms with E-state index in [-0.39, 0.29) is 0 Å². The van der Waals surface area contributed by atoms with Crippen LogP contribution in [0.3, 0.4) is 0 Å². The molecule has 1 aliphatic rings. The molecule has 2 nitrogen and oxygen atoms in total. The minimum Gasteiger partial charge on any atom is -0.254 e. The van der Waals surface area contributed by atoms with Crippen LogP contribution >= 0.6 is 0 Å². The van der Waals surface area contributed by atoms with Crippen molar-refractivity contribution in [3.05, 3.63) is 22.8 Å². The van der Waals surface area contributed by atoms with Crippen molar-refractivity contribution < 1.29 is 0 Å². The minimum absolute atomic E-state index is 0.607. The van der Waals surface area contributed by atoms with Crippen molar-refractivity contribution in [1.82, 2.24) is 9.97 Å². The zero-order valence-corrected chi connectivity index (χ0v) is 10.7. The van der Waals surface area contributed by atoms with Crippen LogP contribution < -0.4 is 0 Å². The summed E-state index contributed by atoms with van der Waals surface area (Å²) in [5, 5.41) is 0. The van der Waals surface area contributed by atoms with Crippen LogP contribution in [0.5, 0.6) is 0 Å². The van der Waals surface area contributed by atoms with Gasteiger partial charge in [-0.1, -0.05) is 20.3 Å². The maximum Gasteiger partial charge on any atom is 0.0650 e. The van der Waals surface area contributed by atoms with Crippen molar-refractivity contribution in [2.24, 2.45) is 0 Å². The second-order valence-electron chi connectivity index (χ2n) is 4.98. The van der Waals surface area contributed by atoms with Crippen molar-refractivity contribution in [1.29, 1.82) is 0 Å². The number of hydrogen-bond donors (Lipinski definition) is 0. The summed E-state index contributed by atoms with van der Waals surface area (Å²) in [4.78, 5) is 9.62. The minimum atomic E-state index is 0.607. The molecule has 0 saturated heterocycles. The van der Waals surface area contributed by atoms with E-state index in [9.17, 15) is 0 Å². The van der Waals surface area contributed by atoms with Gasteiger partial charge in [0.05, 0.1) is 22.8 Å². The van der Waals surface area contributed by atoms with E-state index in [1.54, 1.807) is 0 Å². The van der Waals surface area contributed by atoms with Crippen molar-refractivity contribution in [2.75, 3.05) is 0 Å². The number of aryl methyl sites for hydroxylation is 3. The normalized spacial score (nSPS) is 19.6. The van der Waals surface area contributed by atoms with E-state index in [4.69, 9.17) is 9.97 Å². The van der Waals surface area contributed by atoms with Crippen molar-refractivity contribution >= 4 is 0 Å². The van der Waals surface area contributed by atoms with Gasteiger partial charge in [-0.25, -0.2) is 0 Å². The lowest BCUT2D eigenvalue weighted by Gasteiger charge is -2.21. The molecule has 0 aromatic carbocycles. The van der Waals surface area contributed by atoms with Crippen LogP contribution in [-0.4, -0.2) is 9.97 Å². The fraction of sp³-hybridized carbons (Fsp3) is 0.714. The first-order chi connectivity index (χ1) is 7.72. The molecule has 2 heteroatoms. The SMILES string of the molecule is CCCCc1nc2c(nc1C)C(C)CCC2. The van der Waals surface area contributed by atoms with Crippen molar-refractivity contribution in [3.8, 4) is 0 Å². The number of unbranched alkanes of at least 4 members (excludes halogenated alkanes) is 1. The lowest BCUT2D eigenvalue weighted by Crippen LogP contribution is -2.14. The van der Waals surface area contributed by atoms with Gasteiger partial charge >= 0.3 is 0 Å². The molecule has 16 heavy (non-hydrogen) atoms. The van der Waals surface area contributed by atoms with E-state index in [0.29, 0.717) is 5.92 Å². The highest BCUT2D eigenvalue weighted by Gasteiger charge is 2.20. The van der Waals surface area contributed by atoms with Gasteiger partial charge in [0, 0.05) is 5.92 Å². The first kappa shape index (κ1) is 11.6. The van der Waals surface area contributed by atoms with E-state index in [1.165, 1.54) is 42.8 Å². The largest absolute Gasteiger partial charge is 0.254 e. The Balaban J connectivity index is 2.29. The molecular weight excluding hydrogens is 196 g/mol. The average Bonchev–Trinajstić information content (AvgIpc) is 2.28. The molecule has 1 aromatic rings. The average molecular weight is 218 g/mol. The standard InChI is InChI=1S/C14H22N2/c1-4-5-8-12-11(3)15-14-10(2)7-6-9-13(14)16-12/h10H,4-9H2,1-3H3. The molecule has 0 spiro atoms. The number of hydrogen-bond acceptors (Lipinski definition) is 2. The second kappa shape index (κ2) is 4.94. The Morgan fingerprint density at radius 1 is 1.31 bits per heavy atom. The van der Waals surface area contributed by atoms with Crippen LogP contribution in [0, 0.1) is 6.92 Å². The molecule has 1 aromatic heterocycles. The van der Waals surface area contributed by atoms with E-state index in [1.807, 2.05) is 0 Å². The van der Waals surface area contributed by atoms with E-state index in [0.717, 1.165) is 18.5 Å². The van der Waals surface area contributed by atoms with Gasteiger partial charge in [-0.3, -0.25) is 9.97 Å². The zero-order chi connectivity index (χ0) is 11.5. The Morgan fingerprint density at radius 2 is 2.12 bits per heavy atom. The van der Waals surface area contributed by atoms with Gasteiger partial charge in [0.1, 0.15) is 0 Å². The summed E-state index contributed by atoms with van der Waals surface area (Å²) in [6.45, 7) is 6.61. The predicted molar refractivity (Wildman–Crippen MR) is 66.7 cm³/mol. The van der Waals surface area contributed by atoms with Gasteiger partial charge in [0.15, 0.2) is 0 Å². The molecule has 1 unspecified atom stereocenters. The van der Waals surface area contributed by atoms with E-state index < -0.39 is 0 Å². The number of rotatable bonds is 3. The lowest BCUT2D eigenvalue weighted by molar-refractivity contribution is 0.554. The maximum atomic E-state index is 4.84. The molecule has 0 saturated carbocycles. The molecule has 1 heterocycles. The summed E-state index contributed by atoms with van der Waals surface area (Å²) in [6.07, 6.45) is 7.23. The van der Waals surface area contributed by atoms with Gasteiger partial charge in [0.2, 0.25) is 0 Å². The van der Waals surface area contributed by atoms with Gasteiger partial charge in [-0.2, -0.15) is 0 Å². The molecule has 0 N–H and O–H groups in total. The molecule has 1 aliphatic carbocycles. The molecule has 0 fully saturated rings. The third-order valence-corrected chi connectivity index (χ3v) is 3.56. The van der Waals surface area contributed by atoms with Crippen molar-refractivity contribution in [3.63, 3.8) is 0 Å². The summed E-state index contributed by atoms with van der Waals surface area (Å²) in [7, 11) is 0. The fourth-order valence-corrected chi connectivity index (χ4v) is 2.48. The third-order valence-electron chi connectivity index (χ3n) is 3.56. The fourth-order valence-electron chi connectivity index (χ4n) is 2.48. The van der Waals surface area contributed by atoms with Crippen LogP contribution in [0.15, 0.2) is 0 Å². The third kappa shape index (κ3) is 2.26. The van der Waals surface area contributed by atoms with Crippen LogP contribution in [0.1, 0.15) is 68.2 Å². The summed E-state index contributed by atoms with van der Waals surface area (Å²) < 4.78 is 0. The molecule has 0 bridgehead atoms. The summed E-state index contributed by atoms with van der Waals surface area (Å²) in [5.74, 6) is 0.607. The van der Waals surface area contributed by atoms with E-state index in [2.05, 4.69) is 20.8 Å². The Bertz CT molecular complexity index is 371. The highest BCUT2D eigenvalue weighted by molar-refractivity contribution is 5.24. The van der Waals surface area contributed by atoms with Crippen LogP contribution in [0.2, 0.25) is 0 Å². The van der Waals surface area contributed by atoms with Gasteiger partial charge < -0.3 is 0 Å². The maximum absolute atomic E-state index is 4.84. The Hall–Kier alpha value is -0.920. The molecule has 88 valence electrons. The molecule has 0 amide bonds. The Kier molecular flexibility index (Phi) is 3.57. The van der Waals surface area contributed by atoms with Crippen LogP contribution in [-0.2, 0) is 12.8 Å². The first-order valence-electron chi connectivity index (χ1n) is 6.58. The Morgan fingerprint density at radius 3 is 2.88 bits per heavy atom. The van der Waals surface area contributed by atoms with E-state index >= 15 is 0 Å². The molecule has 1 atom stereocenters. The van der Waals surface area contributed by atoms with Crippen molar-refractivity contribution in [2.45, 2.75) is 65.2 Å². The summed E-state index contributed by atoms with van der Waals surface area (Å²) in [6, 6.07) is 0. The first-order valence-corrected chi connectivity index (χ1v) is 6.58. The highest BCUT2D eigenvalue weighted by atomic mass is 14.9. The molecule has 0 aliphatic heterocycles. The number of aromatic nitrogens is 2. The quantitative estimate of drug-likeness (QED) is 0.775. The Labute approximate surface area is 98.5 Å². The molecule has 2 rings (SSSR count). The predicted octanol–water partition coefficient (Wildman–Crippen LogP) is 3.57. The number of fused-ring (bicyclic) bond motifs is 1. The van der Waals surface area contributed by atoms with Gasteiger partial charge in [0.25, 0.3) is 0 Å². The highest BCUT2D eigenvalue weighted by Crippen LogP contribution is 2.29. The zero-order valence-electron chi connectivity index (χ0n) is 10.7. The van der Waals surface area contributed by atoms with Crippen LogP contribution in [0.4, 0.5) is 0 Å². The monoisotopic (exact) mass is 218 g/mol. The molecule has 0 radical (unpaired) electrons. The number of nitrogens with zero attached hydrogens (tertiary/aromatic N) is 2. The molecular formula is C14H22N2.